The lowest BCUT2D eigenvalue weighted by Crippen LogP contribution is -2.33. The highest BCUT2D eigenvalue weighted by Crippen LogP contribution is 2.27. The van der Waals surface area contributed by atoms with Gasteiger partial charge in [0.05, 0.1) is 10.0 Å². The van der Waals surface area contributed by atoms with Crippen molar-refractivity contribution < 1.29 is 14.1 Å². The summed E-state index contributed by atoms with van der Waals surface area (Å²) in [7, 11) is 0. The molecule has 0 spiro atoms. The van der Waals surface area contributed by atoms with Gasteiger partial charge in [-0.25, -0.2) is 4.79 Å². The Balaban J connectivity index is 1.75. The third kappa shape index (κ3) is 6.55. The lowest BCUT2D eigenvalue weighted by molar-refractivity contribution is 0.0527. The van der Waals surface area contributed by atoms with E-state index in [0.717, 1.165) is 18.4 Å². The highest BCUT2D eigenvalue weighted by Gasteiger charge is 2.15. The summed E-state index contributed by atoms with van der Waals surface area (Å²) >= 11 is 11.9. The number of amides is 1. The minimum Gasteiger partial charge on any atom is -0.444 e. The lowest BCUT2D eigenvalue weighted by Gasteiger charge is -2.19. The first-order valence-electron chi connectivity index (χ1n) is 7.99. The average molecular weight is 386 g/mol. The first-order chi connectivity index (χ1) is 11.7. The van der Waals surface area contributed by atoms with Gasteiger partial charge in [0.15, 0.2) is 0 Å². The largest absolute Gasteiger partial charge is 0.444 e. The molecular formula is C17H21Cl2N3O3. The zero-order valence-corrected chi connectivity index (χ0v) is 15.9. The van der Waals surface area contributed by atoms with Crippen molar-refractivity contribution in [1.82, 2.24) is 15.5 Å². The maximum atomic E-state index is 11.5. The number of carbonyl (C=O) groups is 1. The summed E-state index contributed by atoms with van der Waals surface area (Å²) in [6.07, 6.45) is 1.81. The molecule has 0 aliphatic heterocycles. The Labute approximate surface area is 156 Å². The zero-order chi connectivity index (χ0) is 18.4. The number of aryl methyl sites for hydroxylation is 1. The van der Waals surface area contributed by atoms with Crippen molar-refractivity contribution in [3.63, 3.8) is 0 Å². The number of rotatable bonds is 6. The predicted octanol–water partition coefficient (Wildman–Crippen LogP) is 4.89. The van der Waals surface area contributed by atoms with Crippen LogP contribution >= 0.6 is 23.2 Å². The second-order valence-electron chi connectivity index (χ2n) is 6.53. The maximum absolute atomic E-state index is 11.5. The minimum atomic E-state index is -0.491. The van der Waals surface area contributed by atoms with Gasteiger partial charge < -0.3 is 14.6 Å². The summed E-state index contributed by atoms with van der Waals surface area (Å²) < 4.78 is 10.4. The number of aromatic nitrogens is 2. The fourth-order valence-electron chi connectivity index (χ4n) is 2.01. The first kappa shape index (κ1) is 19.5. The van der Waals surface area contributed by atoms with E-state index in [1.54, 1.807) is 18.2 Å². The molecule has 0 saturated heterocycles. The van der Waals surface area contributed by atoms with Crippen molar-refractivity contribution >= 4 is 29.3 Å². The second-order valence-corrected chi connectivity index (χ2v) is 7.34. The Morgan fingerprint density at radius 1 is 1.24 bits per heavy atom. The smallest absolute Gasteiger partial charge is 0.407 e. The summed E-state index contributed by atoms with van der Waals surface area (Å²) in [5.74, 6) is 1.01. The van der Waals surface area contributed by atoms with E-state index in [-0.39, 0.29) is 0 Å². The van der Waals surface area contributed by atoms with Crippen LogP contribution in [0.3, 0.4) is 0 Å². The fourth-order valence-corrected chi connectivity index (χ4v) is 2.31. The van der Waals surface area contributed by atoms with Gasteiger partial charge in [-0.15, -0.1) is 0 Å². The molecule has 1 heterocycles. The molecule has 1 amide bonds. The molecule has 6 nitrogen and oxygen atoms in total. The number of nitrogens with zero attached hydrogens (tertiary/aromatic N) is 2. The topological polar surface area (TPSA) is 77.2 Å². The van der Waals surface area contributed by atoms with Gasteiger partial charge in [0.25, 0.3) is 0 Å². The van der Waals surface area contributed by atoms with Crippen LogP contribution in [-0.4, -0.2) is 28.4 Å². The highest BCUT2D eigenvalue weighted by atomic mass is 35.5. The minimum absolute atomic E-state index is 0.410. The molecule has 0 saturated carbocycles. The molecule has 1 aromatic heterocycles. The molecule has 0 fully saturated rings. The Bertz CT molecular complexity index is 726. The van der Waals surface area contributed by atoms with Crippen molar-refractivity contribution in [2.75, 3.05) is 6.54 Å². The molecule has 0 aliphatic carbocycles. The van der Waals surface area contributed by atoms with Gasteiger partial charge in [-0.3, -0.25) is 0 Å². The summed E-state index contributed by atoms with van der Waals surface area (Å²) in [5, 5.41) is 7.58. The van der Waals surface area contributed by atoms with E-state index >= 15 is 0 Å². The Morgan fingerprint density at radius 2 is 2.00 bits per heavy atom. The number of carbonyl (C=O) groups excluding carboxylic acids is 1. The monoisotopic (exact) mass is 385 g/mol. The molecule has 1 N–H and O–H groups in total. The van der Waals surface area contributed by atoms with E-state index in [2.05, 4.69) is 15.5 Å². The molecule has 136 valence electrons. The van der Waals surface area contributed by atoms with E-state index in [1.807, 2.05) is 20.8 Å². The Kier molecular flexibility index (Phi) is 6.67. The quantitative estimate of drug-likeness (QED) is 0.716. The molecular weight excluding hydrogens is 365 g/mol. The van der Waals surface area contributed by atoms with Crippen LogP contribution in [0.1, 0.15) is 39.5 Å². The molecule has 0 aliphatic rings. The van der Waals surface area contributed by atoms with Crippen molar-refractivity contribution in [3.8, 4) is 11.4 Å². The van der Waals surface area contributed by atoms with Crippen molar-refractivity contribution in [3.05, 3.63) is 34.1 Å². The summed E-state index contributed by atoms with van der Waals surface area (Å²) in [5.41, 5.74) is 0.255. The third-order valence-corrected chi connectivity index (χ3v) is 3.87. The van der Waals surface area contributed by atoms with Crippen LogP contribution in [0.15, 0.2) is 22.7 Å². The number of halogens is 2. The normalized spacial score (nSPS) is 11.4. The van der Waals surface area contributed by atoms with E-state index in [0.29, 0.717) is 34.7 Å². The van der Waals surface area contributed by atoms with Gasteiger partial charge in [0, 0.05) is 18.5 Å². The van der Waals surface area contributed by atoms with Gasteiger partial charge in [0.1, 0.15) is 5.60 Å². The molecule has 25 heavy (non-hydrogen) atoms. The number of unbranched alkanes of at least 4 members (excludes halogenated alkanes) is 1. The van der Waals surface area contributed by atoms with E-state index < -0.39 is 11.7 Å². The van der Waals surface area contributed by atoms with Crippen LogP contribution < -0.4 is 5.32 Å². The third-order valence-electron chi connectivity index (χ3n) is 3.13. The summed E-state index contributed by atoms with van der Waals surface area (Å²) in [6, 6.07) is 5.18. The van der Waals surface area contributed by atoms with E-state index in [1.165, 1.54) is 0 Å². The fraction of sp³-hybridized carbons (Fsp3) is 0.471. The number of alkyl carbamates (subject to hydrolysis) is 1. The molecule has 8 heteroatoms. The van der Waals surface area contributed by atoms with Gasteiger partial charge in [0.2, 0.25) is 11.7 Å². The van der Waals surface area contributed by atoms with Crippen LogP contribution in [-0.2, 0) is 11.2 Å². The second kappa shape index (κ2) is 8.54. The first-order valence-corrected chi connectivity index (χ1v) is 8.75. The molecule has 0 atom stereocenters. The number of benzene rings is 1. The number of ether oxygens (including phenoxy) is 1. The van der Waals surface area contributed by atoms with Crippen molar-refractivity contribution in [1.29, 1.82) is 0 Å². The van der Waals surface area contributed by atoms with Crippen LogP contribution in [0.5, 0.6) is 0 Å². The average Bonchev–Trinajstić information content (AvgIpc) is 2.97. The van der Waals surface area contributed by atoms with Crippen LogP contribution in [0.2, 0.25) is 10.0 Å². The lowest BCUT2D eigenvalue weighted by atomic mass is 10.2. The van der Waals surface area contributed by atoms with Gasteiger partial charge in [-0.05, 0) is 51.8 Å². The summed E-state index contributed by atoms with van der Waals surface area (Å²) in [6.45, 7) is 6.01. The molecule has 2 aromatic rings. The molecule has 0 unspecified atom stereocenters. The zero-order valence-electron chi connectivity index (χ0n) is 14.4. The SMILES string of the molecule is CC(C)(C)OC(=O)NCCCCc1nc(-c2ccc(Cl)c(Cl)c2)no1. The van der Waals surface area contributed by atoms with Crippen molar-refractivity contribution in [2.45, 2.75) is 45.6 Å². The van der Waals surface area contributed by atoms with Crippen LogP contribution in [0.4, 0.5) is 4.79 Å². The molecule has 0 bridgehead atoms. The Morgan fingerprint density at radius 3 is 2.68 bits per heavy atom. The predicted molar refractivity (Wildman–Crippen MR) is 96.9 cm³/mol. The number of hydrogen-bond acceptors (Lipinski definition) is 5. The van der Waals surface area contributed by atoms with Gasteiger partial charge in [-0.1, -0.05) is 28.4 Å². The number of hydrogen-bond donors (Lipinski definition) is 1. The van der Waals surface area contributed by atoms with Crippen LogP contribution in [0.25, 0.3) is 11.4 Å². The molecule has 1 aromatic carbocycles. The molecule has 0 radical (unpaired) electrons. The standard InChI is InChI=1S/C17H21Cl2N3O3/c1-17(2,3)24-16(23)20-9-5-4-6-14-21-15(22-25-14)11-7-8-12(18)13(19)10-11/h7-8,10H,4-6,9H2,1-3H3,(H,20,23). The van der Waals surface area contributed by atoms with E-state index in [9.17, 15) is 4.79 Å². The van der Waals surface area contributed by atoms with Gasteiger partial charge in [-0.2, -0.15) is 4.98 Å². The highest BCUT2D eigenvalue weighted by molar-refractivity contribution is 6.42. The number of nitrogens with one attached hydrogen (secondary N) is 1. The van der Waals surface area contributed by atoms with Crippen LogP contribution in [0, 0.1) is 0 Å². The van der Waals surface area contributed by atoms with Crippen molar-refractivity contribution in [2.24, 2.45) is 0 Å². The molecule has 2 rings (SSSR count). The maximum Gasteiger partial charge on any atom is 0.407 e. The Hall–Kier alpha value is -1.79. The van der Waals surface area contributed by atoms with Gasteiger partial charge >= 0.3 is 6.09 Å². The van der Waals surface area contributed by atoms with E-state index in [4.69, 9.17) is 32.5 Å². The summed E-state index contributed by atoms with van der Waals surface area (Å²) in [4.78, 5) is 15.9.